The number of rotatable bonds is 7. The van der Waals surface area contributed by atoms with E-state index in [-0.39, 0.29) is 5.97 Å². The Morgan fingerprint density at radius 1 is 1.25 bits per heavy atom. The van der Waals surface area contributed by atoms with Gasteiger partial charge in [-0.2, -0.15) is 0 Å². The summed E-state index contributed by atoms with van der Waals surface area (Å²) >= 11 is 6.83. The number of esters is 1. The van der Waals surface area contributed by atoms with Crippen LogP contribution in [-0.4, -0.2) is 37.2 Å². The number of carbonyl (C=O) groups excluding carboxylic acids is 1. The third kappa shape index (κ3) is 4.07. The van der Waals surface area contributed by atoms with Gasteiger partial charge in [-0.15, -0.1) is 0 Å². The first-order chi connectivity index (χ1) is 7.31. The summed E-state index contributed by atoms with van der Waals surface area (Å²) in [6.45, 7) is 12.0. The van der Waals surface area contributed by atoms with Gasteiger partial charge >= 0.3 is 104 Å². The minimum atomic E-state index is -2.12. The van der Waals surface area contributed by atoms with Gasteiger partial charge in [0.2, 0.25) is 0 Å². The van der Waals surface area contributed by atoms with E-state index < -0.39 is 5.96 Å². The van der Waals surface area contributed by atoms with Gasteiger partial charge < -0.3 is 0 Å². The maximum absolute atomic E-state index is 11.2. The molecule has 0 saturated carbocycles. The van der Waals surface area contributed by atoms with Crippen molar-refractivity contribution in [2.24, 2.45) is 0 Å². The molecule has 0 aromatic carbocycles. The van der Waals surface area contributed by atoms with Gasteiger partial charge in [0.05, 0.1) is 0 Å². The van der Waals surface area contributed by atoms with Crippen LogP contribution in [0.1, 0.15) is 27.7 Å². The standard InChI is InChI=1S/C12H24ClO2P/c1-6-16(13,7-2,8-3)10-9-15-12(14)11(4)5/h4,6-10H2,1-3,5H3. The van der Waals surface area contributed by atoms with Crippen molar-refractivity contribution in [2.45, 2.75) is 27.7 Å². The van der Waals surface area contributed by atoms with Crippen molar-refractivity contribution in [3.63, 3.8) is 0 Å². The molecule has 0 fully saturated rings. The van der Waals surface area contributed by atoms with Gasteiger partial charge in [-0.25, -0.2) is 0 Å². The van der Waals surface area contributed by atoms with E-state index in [1.807, 2.05) is 0 Å². The van der Waals surface area contributed by atoms with Crippen molar-refractivity contribution in [1.82, 2.24) is 0 Å². The average Bonchev–Trinajstić information content (AvgIpc) is 2.29. The van der Waals surface area contributed by atoms with Crippen LogP contribution >= 0.6 is 17.2 Å². The topological polar surface area (TPSA) is 26.3 Å². The van der Waals surface area contributed by atoms with E-state index in [0.29, 0.717) is 12.2 Å². The molecule has 96 valence electrons. The zero-order valence-corrected chi connectivity index (χ0v) is 12.5. The van der Waals surface area contributed by atoms with Crippen LogP contribution < -0.4 is 0 Å². The summed E-state index contributed by atoms with van der Waals surface area (Å²) in [5, 5.41) is 0. The summed E-state index contributed by atoms with van der Waals surface area (Å²) < 4.78 is 5.14. The second kappa shape index (κ2) is 6.02. The molecule has 0 bridgehead atoms. The van der Waals surface area contributed by atoms with Gasteiger partial charge in [0.15, 0.2) is 0 Å². The Hall–Kier alpha value is -0.0700. The van der Waals surface area contributed by atoms with E-state index in [4.69, 9.17) is 16.0 Å². The summed E-state index contributed by atoms with van der Waals surface area (Å²) in [6, 6.07) is 0. The number of halogens is 1. The third-order valence-electron chi connectivity index (χ3n) is 3.60. The molecule has 4 heteroatoms. The summed E-state index contributed by atoms with van der Waals surface area (Å²) in [6.07, 6.45) is 3.83. The molecule has 0 aromatic rings. The van der Waals surface area contributed by atoms with Crippen LogP contribution in [0.3, 0.4) is 0 Å². The molecule has 0 N–H and O–H groups in total. The van der Waals surface area contributed by atoms with E-state index in [0.717, 1.165) is 24.6 Å². The molecule has 0 spiro atoms. The third-order valence-corrected chi connectivity index (χ3v) is 12.3. The predicted octanol–water partition coefficient (Wildman–Crippen LogP) is 3.87. The van der Waals surface area contributed by atoms with Crippen molar-refractivity contribution in [2.75, 3.05) is 31.3 Å². The molecule has 0 atom stereocenters. The quantitative estimate of drug-likeness (QED) is 0.397. The maximum atomic E-state index is 11.2. The Morgan fingerprint density at radius 3 is 2.00 bits per heavy atom. The molecule has 0 saturated heterocycles. The van der Waals surface area contributed by atoms with E-state index >= 15 is 0 Å². The van der Waals surface area contributed by atoms with Gasteiger partial charge in [0, 0.05) is 0 Å². The molecule has 0 aliphatic rings. The van der Waals surface area contributed by atoms with Gasteiger partial charge in [0.25, 0.3) is 0 Å². The molecule has 0 amide bonds. The fourth-order valence-electron chi connectivity index (χ4n) is 1.63. The normalized spacial score (nSPS) is 13.9. The minimum absolute atomic E-state index is 0.315. The Bertz CT molecular complexity index is 261. The Morgan fingerprint density at radius 2 is 1.69 bits per heavy atom. The Balaban J connectivity index is 4.36. The van der Waals surface area contributed by atoms with Crippen LogP contribution in [0, 0.1) is 0 Å². The SMILES string of the molecule is C=C(C)C(=O)OCCP(Cl)(CC)(CC)CC. The summed E-state index contributed by atoms with van der Waals surface area (Å²) in [4.78, 5) is 11.2. The molecule has 0 radical (unpaired) electrons. The second-order valence-electron chi connectivity index (χ2n) is 4.41. The van der Waals surface area contributed by atoms with Gasteiger partial charge in [0.1, 0.15) is 0 Å². The van der Waals surface area contributed by atoms with Gasteiger partial charge in [-0.1, -0.05) is 0 Å². The number of carbonyl (C=O) groups is 1. The summed E-state index contributed by atoms with van der Waals surface area (Å²) in [5.41, 5.74) is 0.444. The van der Waals surface area contributed by atoms with Crippen molar-refractivity contribution >= 4 is 23.2 Å². The average molecular weight is 267 g/mol. The second-order valence-corrected chi connectivity index (χ2v) is 13.3. The van der Waals surface area contributed by atoms with E-state index in [2.05, 4.69) is 27.4 Å². The molecule has 0 rings (SSSR count). The first-order valence-electron chi connectivity index (χ1n) is 5.86. The molecule has 0 unspecified atom stereocenters. The zero-order valence-electron chi connectivity index (χ0n) is 10.9. The van der Waals surface area contributed by atoms with E-state index in [1.54, 1.807) is 6.92 Å². The van der Waals surface area contributed by atoms with Crippen molar-refractivity contribution in [1.29, 1.82) is 0 Å². The molecular formula is C12H24ClO2P. The Labute approximate surface area is 104 Å². The predicted molar refractivity (Wildman–Crippen MR) is 75.0 cm³/mol. The molecule has 0 aromatic heterocycles. The van der Waals surface area contributed by atoms with Crippen LogP contribution in [0.25, 0.3) is 0 Å². The summed E-state index contributed by atoms with van der Waals surface area (Å²) in [5.74, 6) is -2.44. The van der Waals surface area contributed by atoms with Crippen molar-refractivity contribution in [3.05, 3.63) is 12.2 Å². The van der Waals surface area contributed by atoms with Gasteiger partial charge in [-0.3, -0.25) is 0 Å². The fourth-order valence-corrected chi connectivity index (χ4v) is 4.68. The molecular weight excluding hydrogens is 243 g/mol. The van der Waals surface area contributed by atoms with Crippen LogP contribution in [0.2, 0.25) is 0 Å². The van der Waals surface area contributed by atoms with E-state index in [9.17, 15) is 4.79 Å². The number of ether oxygens (including phenoxy) is 1. The first kappa shape index (κ1) is 15.9. The number of hydrogen-bond donors (Lipinski definition) is 0. The first-order valence-corrected chi connectivity index (χ1v) is 9.74. The molecule has 2 nitrogen and oxygen atoms in total. The molecule has 0 aliphatic heterocycles. The van der Waals surface area contributed by atoms with Crippen LogP contribution in [0.5, 0.6) is 0 Å². The fraction of sp³-hybridized carbons (Fsp3) is 0.750. The monoisotopic (exact) mass is 266 g/mol. The molecule has 16 heavy (non-hydrogen) atoms. The zero-order chi connectivity index (χ0) is 12.8. The summed E-state index contributed by atoms with van der Waals surface area (Å²) in [7, 11) is 0. The number of hydrogen-bond acceptors (Lipinski definition) is 2. The van der Waals surface area contributed by atoms with Crippen molar-refractivity contribution < 1.29 is 9.53 Å². The molecule has 0 aliphatic carbocycles. The Kier molecular flexibility index (Phi) is 6.00. The van der Waals surface area contributed by atoms with Crippen LogP contribution in [0.15, 0.2) is 12.2 Å². The van der Waals surface area contributed by atoms with Crippen LogP contribution in [0.4, 0.5) is 0 Å². The molecule has 0 heterocycles. The van der Waals surface area contributed by atoms with Crippen LogP contribution in [-0.2, 0) is 9.53 Å². The van der Waals surface area contributed by atoms with Gasteiger partial charge in [-0.05, 0) is 0 Å². The van der Waals surface area contributed by atoms with Crippen molar-refractivity contribution in [3.8, 4) is 0 Å². The van der Waals surface area contributed by atoms with E-state index in [1.165, 1.54) is 0 Å².